The summed E-state index contributed by atoms with van der Waals surface area (Å²) in [7, 11) is 1.70. The molecule has 0 bridgehead atoms. The second kappa shape index (κ2) is 7.64. The van der Waals surface area contributed by atoms with Crippen LogP contribution in [-0.4, -0.2) is 13.7 Å². The summed E-state index contributed by atoms with van der Waals surface area (Å²) in [6.07, 6.45) is 0.984. The van der Waals surface area contributed by atoms with Crippen LogP contribution in [0.4, 0.5) is 0 Å². The number of ether oxygens (including phenoxy) is 1. The molecular formula is C17H20INO. The third kappa shape index (κ3) is 4.21. The van der Waals surface area contributed by atoms with Crippen molar-refractivity contribution in [1.29, 1.82) is 0 Å². The van der Waals surface area contributed by atoms with Gasteiger partial charge in [-0.2, -0.15) is 0 Å². The van der Waals surface area contributed by atoms with Crippen LogP contribution < -0.4 is 10.1 Å². The van der Waals surface area contributed by atoms with Crippen molar-refractivity contribution in [3.05, 3.63) is 63.2 Å². The highest BCUT2D eigenvalue weighted by molar-refractivity contribution is 14.1. The highest BCUT2D eigenvalue weighted by atomic mass is 127. The zero-order chi connectivity index (χ0) is 14.4. The average molecular weight is 381 g/mol. The van der Waals surface area contributed by atoms with Crippen molar-refractivity contribution in [3.8, 4) is 5.75 Å². The molecule has 106 valence electrons. The van der Waals surface area contributed by atoms with Crippen molar-refractivity contribution in [2.75, 3.05) is 13.7 Å². The molecule has 1 unspecified atom stereocenters. The molecule has 20 heavy (non-hydrogen) atoms. The molecule has 0 aliphatic carbocycles. The molecule has 0 amide bonds. The van der Waals surface area contributed by atoms with E-state index >= 15 is 0 Å². The van der Waals surface area contributed by atoms with E-state index in [2.05, 4.69) is 71.2 Å². The Morgan fingerprint density at radius 1 is 1.15 bits per heavy atom. The number of benzene rings is 2. The molecule has 0 heterocycles. The molecule has 2 aromatic rings. The van der Waals surface area contributed by atoms with Crippen molar-refractivity contribution < 1.29 is 4.74 Å². The van der Waals surface area contributed by atoms with Gasteiger partial charge in [-0.05, 0) is 70.9 Å². The van der Waals surface area contributed by atoms with Crippen LogP contribution in [-0.2, 0) is 6.42 Å². The van der Waals surface area contributed by atoms with E-state index in [1.807, 2.05) is 12.1 Å². The lowest BCUT2D eigenvalue weighted by molar-refractivity contribution is 0.414. The van der Waals surface area contributed by atoms with Crippen molar-refractivity contribution >= 4 is 22.6 Å². The number of methoxy groups -OCH3 is 1. The first-order valence-corrected chi connectivity index (χ1v) is 7.92. The Morgan fingerprint density at radius 2 is 1.90 bits per heavy atom. The first-order valence-electron chi connectivity index (χ1n) is 6.84. The summed E-state index contributed by atoms with van der Waals surface area (Å²) in [6, 6.07) is 17.4. The number of hydrogen-bond acceptors (Lipinski definition) is 2. The predicted octanol–water partition coefficient (Wildman–Crippen LogP) is 4.19. The molecular weight excluding hydrogens is 361 g/mol. The Kier molecular flexibility index (Phi) is 5.86. The van der Waals surface area contributed by atoms with Gasteiger partial charge in [0.05, 0.1) is 7.11 Å². The van der Waals surface area contributed by atoms with Gasteiger partial charge in [-0.3, -0.25) is 0 Å². The third-order valence-corrected chi connectivity index (χ3v) is 3.97. The second-order valence-electron chi connectivity index (χ2n) is 4.72. The van der Waals surface area contributed by atoms with E-state index in [1.165, 1.54) is 14.7 Å². The van der Waals surface area contributed by atoms with Gasteiger partial charge in [0.2, 0.25) is 0 Å². The fourth-order valence-corrected chi connectivity index (χ4v) is 2.84. The van der Waals surface area contributed by atoms with Crippen molar-refractivity contribution in [2.24, 2.45) is 0 Å². The van der Waals surface area contributed by atoms with E-state index in [4.69, 9.17) is 4.74 Å². The van der Waals surface area contributed by atoms with Crippen LogP contribution in [0.3, 0.4) is 0 Å². The summed E-state index contributed by atoms with van der Waals surface area (Å²) < 4.78 is 6.48. The Bertz CT molecular complexity index is 539. The molecule has 2 nitrogen and oxygen atoms in total. The second-order valence-corrected chi connectivity index (χ2v) is 5.96. The predicted molar refractivity (Wildman–Crippen MR) is 92.3 cm³/mol. The molecule has 0 radical (unpaired) electrons. The van der Waals surface area contributed by atoms with Crippen molar-refractivity contribution in [2.45, 2.75) is 19.4 Å². The highest BCUT2D eigenvalue weighted by Crippen LogP contribution is 2.21. The molecule has 0 aromatic heterocycles. The summed E-state index contributed by atoms with van der Waals surface area (Å²) in [5, 5.41) is 3.57. The van der Waals surface area contributed by atoms with Crippen molar-refractivity contribution in [1.82, 2.24) is 5.32 Å². The molecule has 1 atom stereocenters. The smallest absolute Gasteiger partial charge is 0.118 e. The Labute approximate surface area is 134 Å². The number of nitrogens with one attached hydrogen (secondary N) is 1. The molecule has 0 saturated heterocycles. The van der Waals surface area contributed by atoms with Gasteiger partial charge in [-0.15, -0.1) is 0 Å². The van der Waals surface area contributed by atoms with Gasteiger partial charge in [-0.25, -0.2) is 0 Å². The summed E-state index contributed by atoms with van der Waals surface area (Å²) in [6.45, 7) is 3.11. The molecule has 0 aliphatic heterocycles. The number of halogens is 1. The topological polar surface area (TPSA) is 21.3 Å². The van der Waals surface area contributed by atoms with Crippen LogP contribution in [0.5, 0.6) is 5.75 Å². The van der Waals surface area contributed by atoms with E-state index in [0.717, 1.165) is 18.7 Å². The molecule has 0 saturated carbocycles. The van der Waals surface area contributed by atoms with Gasteiger partial charge in [0, 0.05) is 9.61 Å². The van der Waals surface area contributed by atoms with Crippen LogP contribution >= 0.6 is 22.6 Å². The summed E-state index contributed by atoms with van der Waals surface area (Å²) >= 11 is 2.36. The lowest BCUT2D eigenvalue weighted by atomic mass is 9.99. The maximum atomic E-state index is 5.21. The molecule has 0 aliphatic rings. The monoisotopic (exact) mass is 381 g/mol. The lowest BCUT2D eigenvalue weighted by Crippen LogP contribution is -2.23. The Balaban J connectivity index is 2.16. The largest absolute Gasteiger partial charge is 0.497 e. The quantitative estimate of drug-likeness (QED) is 0.758. The fraction of sp³-hybridized carbons (Fsp3) is 0.294. The van der Waals surface area contributed by atoms with Crippen LogP contribution in [0, 0.1) is 3.57 Å². The molecule has 0 spiro atoms. The molecule has 0 fully saturated rings. The number of rotatable bonds is 6. The fourth-order valence-electron chi connectivity index (χ4n) is 2.27. The minimum absolute atomic E-state index is 0.350. The molecule has 3 heteroatoms. The van der Waals surface area contributed by atoms with E-state index in [0.29, 0.717) is 6.04 Å². The minimum Gasteiger partial charge on any atom is -0.497 e. The van der Waals surface area contributed by atoms with Gasteiger partial charge < -0.3 is 10.1 Å². The number of hydrogen-bond donors (Lipinski definition) is 1. The van der Waals surface area contributed by atoms with Gasteiger partial charge in [0.15, 0.2) is 0 Å². The van der Waals surface area contributed by atoms with Gasteiger partial charge in [0.25, 0.3) is 0 Å². The van der Waals surface area contributed by atoms with Gasteiger partial charge in [-0.1, -0.05) is 31.2 Å². The Morgan fingerprint density at radius 3 is 2.50 bits per heavy atom. The zero-order valence-electron chi connectivity index (χ0n) is 11.9. The van der Waals surface area contributed by atoms with Crippen molar-refractivity contribution in [3.63, 3.8) is 0 Å². The van der Waals surface area contributed by atoms with E-state index < -0.39 is 0 Å². The molecule has 1 N–H and O–H groups in total. The number of likely N-dealkylation sites (N-methyl/N-ethyl adjacent to an activating group) is 1. The average Bonchev–Trinajstić information content (AvgIpc) is 2.47. The standard InChI is InChI=1S/C17H20INO/c1-3-19-17(14-5-4-6-15(18)12-14)11-13-7-9-16(20-2)10-8-13/h4-10,12,17,19H,3,11H2,1-2H3. The van der Waals surface area contributed by atoms with Crippen LogP contribution in [0.15, 0.2) is 48.5 Å². The minimum atomic E-state index is 0.350. The Hall–Kier alpha value is -1.07. The van der Waals surface area contributed by atoms with E-state index in [9.17, 15) is 0 Å². The first kappa shape index (κ1) is 15.3. The summed E-state index contributed by atoms with van der Waals surface area (Å²) in [4.78, 5) is 0. The first-order chi connectivity index (χ1) is 9.72. The summed E-state index contributed by atoms with van der Waals surface area (Å²) in [5.41, 5.74) is 2.66. The lowest BCUT2D eigenvalue weighted by Gasteiger charge is -2.19. The normalized spacial score (nSPS) is 12.2. The molecule has 2 aromatic carbocycles. The van der Waals surface area contributed by atoms with Crippen LogP contribution in [0.25, 0.3) is 0 Å². The van der Waals surface area contributed by atoms with Gasteiger partial charge in [0.1, 0.15) is 5.75 Å². The maximum absolute atomic E-state index is 5.21. The van der Waals surface area contributed by atoms with Crippen LogP contribution in [0.2, 0.25) is 0 Å². The third-order valence-electron chi connectivity index (χ3n) is 3.30. The van der Waals surface area contributed by atoms with Gasteiger partial charge >= 0.3 is 0 Å². The highest BCUT2D eigenvalue weighted by Gasteiger charge is 2.11. The zero-order valence-corrected chi connectivity index (χ0v) is 14.1. The van der Waals surface area contributed by atoms with E-state index in [1.54, 1.807) is 7.11 Å². The van der Waals surface area contributed by atoms with Crippen LogP contribution in [0.1, 0.15) is 24.1 Å². The maximum Gasteiger partial charge on any atom is 0.118 e. The van der Waals surface area contributed by atoms with E-state index in [-0.39, 0.29) is 0 Å². The SMILES string of the molecule is CCNC(Cc1ccc(OC)cc1)c1cccc(I)c1. The molecule has 2 rings (SSSR count). The summed E-state index contributed by atoms with van der Waals surface area (Å²) in [5.74, 6) is 0.906.